The van der Waals surface area contributed by atoms with E-state index >= 15 is 0 Å². The molecule has 0 aliphatic heterocycles. The number of carbonyl (C=O) groups excluding carboxylic acids is 1. The Bertz CT molecular complexity index is 618. The van der Waals surface area contributed by atoms with Crippen molar-refractivity contribution in [2.24, 2.45) is 7.05 Å². The lowest BCUT2D eigenvalue weighted by Crippen LogP contribution is -2.25. The van der Waals surface area contributed by atoms with E-state index in [1.54, 1.807) is 11.6 Å². The van der Waals surface area contributed by atoms with Gasteiger partial charge in [0.05, 0.1) is 31.3 Å². The molecule has 1 heterocycles. The summed E-state index contributed by atoms with van der Waals surface area (Å²) in [6.07, 6.45) is 18.6. The van der Waals surface area contributed by atoms with Crippen LogP contribution >= 0.6 is 11.8 Å². The average molecular weight is 441 g/mol. The second kappa shape index (κ2) is 16.4. The zero-order valence-electron chi connectivity index (χ0n) is 18.9. The molecule has 1 aromatic rings. The molecular weight excluding hydrogens is 400 g/mol. The highest BCUT2D eigenvalue weighted by Gasteiger charge is 2.21. The number of unbranched alkanes of at least 4 members (excludes halogenated alkanes) is 10. The lowest BCUT2D eigenvalue weighted by atomic mass is 10.1. The van der Waals surface area contributed by atoms with E-state index < -0.39 is 12.1 Å². The fourth-order valence-electron chi connectivity index (χ4n) is 3.25. The average Bonchev–Trinajstić information content (AvgIpc) is 3.12. The second-order valence-corrected chi connectivity index (χ2v) is 8.85. The third-order valence-corrected chi connectivity index (χ3v) is 6.53. The first-order valence-corrected chi connectivity index (χ1v) is 12.1. The fraction of sp³-hybridized carbons (Fsp3) is 0.739. The Morgan fingerprint density at radius 3 is 2.33 bits per heavy atom. The third kappa shape index (κ3) is 10.1. The number of carbonyl (C=O) groups is 1. The van der Waals surface area contributed by atoms with Crippen molar-refractivity contribution in [3.63, 3.8) is 0 Å². The van der Waals surface area contributed by atoms with E-state index in [-0.39, 0.29) is 11.9 Å². The molecular formula is C23H40N2O4S. The van der Waals surface area contributed by atoms with Gasteiger partial charge >= 0.3 is 5.97 Å². The predicted octanol–water partition coefficient (Wildman–Crippen LogP) is 4.89. The van der Waals surface area contributed by atoms with Crippen LogP contribution in [0.2, 0.25) is 0 Å². The number of nitrogens with zero attached hydrogens (tertiary/aromatic N) is 2. The van der Waals surface area contributed by atoms with Crippen molar-refractivity contribution >= 4 is 17.7 Å². The molecule has 0 aliphatic carbocycles. The van der Waals surface area contributed by atoms with Gasteiger partial charge in [-0.05, 0) is 12.8 Å². The van der Waals surface area contributed by atoms with E-state index in [0.717, 1.165) is 12.8 Å². The molecule has 6 nitrogen and oxygen atoms in total. The minimum Gasteiger partial charge on any atom is -0.464 e. The predicted molar refractivity (Wildman–Crippen MR) is 123 cm³/mol. The Morgan fingerprint density at radius 2 is 1.77 bits per heavy atom. The van der Waals surface area contributed by atoms with Crippen molar-refractivity contribution in [2.45, 2.75) is 94.1 Å². The Kier molecular flexibility index (Phi) is 14.6. The van der Waals surface area contributed by atoms with Crippen LogP contribution in [-0.2, 0) is 11.8 Å². The maximum atomic E-state index is 11.7. The number of aliphatic hydroxyl groups is 2. The quantitative estimate of drug-likeness (QED) is 0.155. The van der Waals surface area contributed by atoms with Crippen LogP contribution in [0, 0.1) is 0 Å². The number of aromatic nitrogens is 2. The molecule has 172 valence electrons. The first-order chi connectivity index (χ1) is 14.5. The second-order valence-electron chi connectivity index (χ2n) is 7.71. The van der Waals surface area contributed by atoms with E-state index in [1.807, 2.05) is 6.08 Å². The number of methoxy groups -OCH3 is 1. The van der Waals surface area contributed by atoms with Crippen LogP contribution in [0.15, 0.2) is 23.5 Å². The van der Waals surface area contributed by atoms with Gasteiger partial charge in [-0.3, -0.25) is 0 Å². The summed E-state index contributed by atoms with van der Waals surface area (Å²) >= 11 is 1.33. The van der Waals surface area contributed by atoms with Gasteiger partial charge in [0.15, 0.2) is 5.16 Å². The normalized spacial score (nSPS) is 13.6. The van der Waals surface area contributed by atoms with Gasteiger partial charge < -0.3 is 19.5 Å². The van der Waals surface area contributed by atoms with Gasteiger partial charge in [0.25, 0.3) is 0 Å². The summed E-state index contributed by atoms with van der Waals surface area (Å²) in [5.41, 5.74) is 0.353. The molecule has 2 unspecified atom stereocenters. The Morgan fingerprint density at radius 1 is 1.17 bits per heavy atom. The van der Waals surface area contributed by atoms with Crippen molar-refractivity contribution in [3.05, 3.63) is 24.0 Å². The number of allylic oxidation sites excluding steroid dienone is 1. The zero-order valence-corrected chi connectivity index (χ0v) is 19.7. The first kappa shape index (κ1) is 26.7. The Hall–Kier alpha value is -1.31. The molecule has 7 heteroatoms. The van der Waals surface area contributed by atoms with Gasteiger partial charge in [0.1, 0.15) is 5.69 Å². The number of hydrogen-bond acceptors (Lipinski definition) is 6. The number of ether oxygens (including phenoxy) is 1. The summed E-state index contributed by atoms with van der Waals surface area (Å²) in [5, 5.41) is 19.8. The summed E-state index contributed by atoms with van der Waals surface area (Å²) in [5.74, 6) is -0.451. The van der Waals surface area contributed by atoms with Crippen molar-refractivity contribution in [2.75, 3.05) is 13.7 Å². The molecule has 0 spiro atoms. The molecule has 0 radical (unpaired) electrons. The SMILES string of the molecule is CCCCCCCCCCCC/C=C\C(Sc1ncc(C(=O)OC)n1C)C(O)CO. The lowest BCUT2D eigenvalue weighted by Gasteiger charge is -2.17. The van der Waals surface area contributed by atoms with Crippen LogP contribution in [0.25, 0.3) is 0 Å². The molecule has 2 atom stereocenters. The van der Waals surface area contributed by atoms with E-state index in [0.29, 0.717) is 10.9 Å². The van der Waals surface area contributed by atoms with Crippen LogP contribution in [0.5, 0.6) is 0 Å². The van der Waals surface area contributed by atoms with Crippen molar-refractivity contribution in [1.82, 2.24) is 9.55 Å². The molecule has 0 amide bonds. The van der Waals surface area contributed by atoms with Crippen molar-refractivity contribution in [3.8, 4) is 0 Å². The minimum atomic E-state index is -0.891. The van der Waals surface area contributed by atoms with Gasteiger partial charge in [-0.2, -0.15) is 0 Å². The van der Waals surface area contributed by atoms with Crippen molar-refractivity contribution < 1.29 is 19.7 Å². The topological polar surface area (TPSA) is 84.6 Å². The highest BCUT2D eigenvalue weighted by molar-refractivity contribution is 8.00. The maximum Gasteiger partial charge on any atom is 0.356 e. The van der Waals surface area contributed by atoms with Crippen LogP contribution in [0.1, 0.15) is 88.0 Å². The molecule has 0 aromatic carbocycles. The van der Waals surface area contributed by atoms with Gasteiger partial charge in [-0.1, -0.05) is 88.6 Å². The summed E-state index contributed by atoms with van der Waals surface area (Å²) < 4.78 is 6.38. The third-order valence-electron chi connectivity index (χ3n) is 5.20. The standard InChI is InChI=1S/C23H40N2O4S/c1-4-5-6-7-8-9-10-11-12-13-14-15-16-21(20(27)18-26)30-23-24-17-19(25(23)2)22(28)29-3/h15-17,20-21,26-27H,4-14,18H2,1-3H3/b16-15-. The van der Waals surface area contributed by atoms with Crippen LogP contribution in [-0.4, -0.2) is 50.8 Å². The number of imidazole rings is 1. The molecule has 2 N–H and O–H groups in total. The molecule has 0 bridgehead atoms. The Balaban J connectivity index is 2.35. The summed E-state index contributed by atoms with van der Waals surface area (Å²) in [7, 11) is 3.06. The fourth-order valence-corrected chi connectivity index (χ4v) is 4.29. The highest BCUT2D eigenvalue weighted by atomic mass is 32.2. The number of rotatable bonds is 17. The molecule has 30 heavy (non-hydrogen) atoms. The summed E-state index contributed by atoms with van der Waals surface area (Å²) in [4.78, 5) is 16.0. The van der Waals surface area contributed by atoms with Gasteiger partial charge in [-0.25, -0.2) is 9.78 Å². The van der Waals surface area contributed by atoms with Gasteiger partial charge in [0, 0.05) is 7.05 Å². The van der Waals surface area contributed by atoms with E-state index in [9.17, 15) is 15.0 Å². The molecule has 1 aromatic heterocycles. The largest absolute Gasteiger partial charge is 0.464 e. The smallest absolute Gasteiger partial charge is 0.356 e. The lowest BCUT2D eigenvalue weighted by molar-refractivity contribution is 0.0589. The summed E-state index contributed by atoms with van der Waals surface area (Å²) in [6.45, 7) is 1.92. The van der Waals surface area contributed by atoms with Crippen LogP contribution in [0.4, 0.5) is 0 Å². The van der Waals surface area contributed by atoms with Gasteiger partial charge in [0.2, 0.25) is 0 Å². The number of aliphatic hydroxyl groups excluding tert-OH is 2. The van der Waals surface area contributed by atoms with E-state index in [1.165, 1.54) is 82.9 Å². The molecule has 0 fully saturated rings. The van der Waals surface area contributed by atoms with E-state index in [4.69, 9.17) is 4.74 Å². The number of esters is 1. The number of hydrogen-bond donors (Lipinski definition) is 2. The first-order valence-electron chi connectivity index (χ1n) is 11.3. The van der Waals surface area contributed by atoms with Gasteiger partial charge in [-0.15, -0.1) is 0 Å². The van der Waals surface area contributed by atoms with E-state index in [2.05, 4.69) is 18.0 Å². The zero-order chi connectivity index (χ0) is 22.2. The molecule has 0 aliphatic rings. The molecule has 1 rings (SSSR count). The highest BCUT2D eigenvalue weighted by Crippen LogP contribution is 2.26. The van der Waals surface area contributed by atoms with Crippen LogP contribution < -0.4 is 0 Å². The summed E-state index contributed by atoms with van der Waals surface area (Å²) in [6, 6.07) is 0. The molecule has 0 saturated heterocycles. The number of thioether (sulfide) groups is 1. The molecule has 0 saturated carbocycles. The minimum absolute atomic E-state index is 0.325. The monoisotopic (exact) mass is 440 g/mol. The van der Waals surface area contributed by atoms with Crippen molar-refractivity contribution in [1.29, 1.82) is 0 Å². The Labute approximate surface area is 186 Å². The van der Waals surface area contributed by atoms with Crippen LogP contribution in [0.3, 0.4) is 0 Å². The maximum absolute atomic E-state index is 11.7.